The Kier molecular flexibility index (Phi) is 8.68. The van der Waals surface area contributed by atoms with E-state index in [1.807, 2.05) is 11.8 Å². The van der Waals surface area contributed by atoms with E-state index >= 15 is 0 Å². The van der Waals surface area contributed by atoms with Crippen molar-refractivity contribution in [3.63, 3.8) is 0 Å². The summed E-state index contributed by atoms with van der Waals surface area (Å²) in [7, 11) is 0. The normalized spacial score (nSPS) is 17.6. The van der Waals surface area contributed by atoms with E-state index in [-0.39, 0.29) is 24.8 Å². The second-order valence-electron chi connectivity index (χ2n) is 1.40. The van der Waals surface area contributed by atoms with E-state index in [1.54, 1.807) is 0 Å². The smallest absolute Gasteiger partial charge is 0.0391 e. The minimum Gasteiger partial charge on any atom is -0.271 e. The molecule has 3 N–H and O–H groups in total. The first-order valence-electron chi connectivity index (χ1n) is 1.97. The first-order chi connectivity index (χ1) is 2.93. The standard InChI is InChI=1S/C3H8N2S.2ClH/c4-5-3-1-6-2-3;;/h3,5H,1-2,4H2;2*1H. The largest absolute Gasteiger partial charge is 0.271 e. The molecule has 1 aliphatic rings. The molecular formula is C3H10Cl2N2S. The lowest BCUT2D eigenvalue weighted by Crippen LogP contribution is -2.44. The summed E-state index contributed by atoms with van der Waals surface area (Å²) >= 11 is 1.93. The Morgan fingerprint density at radius 1 is 1.38 bits per heavy atom. The van der Waals surface area contributed by atoms with Crippen LogP contribution in [-0.4, -0.2) is 17.5 Å². The number of rotatable bonds is 1. The molecule has 1 rings (SSSR count). The van der Waals surface area contributed by atoms with Gasteiger partial charge in [-0.1, -0.05) is 0 Å². The fraction of sp³-hybridized carbons (Fsp3) is 1.00. The lowest BCUT2D eigenvalue weighted by atomic mass is 10.4. The predicted octanol–water partition coefficient (Wildman–Crippen LogP) is 0.409. The SMILES string of the molecule is Cl.Cl.NNC1CSC1. The van der Waals surface area contributed by atoms with Crippen LogP contribution in [0.15, 0.2) is 0 Å². The highest BCUT2D eigenvalue weighted by Crippen LogP contribution is 2.15. The van der Waals surface area contributed by atoms with Crippen LogP contribution < -0.4 is 11.3 Å². The fourth-order valence-electron chi connectivity index (χ4n) is 0.332. The summed E-state index contributed by atoms with van der Waals surface area (Å²) in [6.07, 6.45) is 0. The minimum atomic E-state index is 0. The summed E-state index contributed by atoms with van der Waals surface area (Å²) in [4.78, 5) is 0. The van der Waals surface area contributed by atoms with Crippen molar-refractivity contribution in [2.75, 3.05) is 11.5 Å². The number of hydrazine groups is 1. The van der Waals surface area contributed by atoms with Crippen molar-refractivity contribution < 1.29 is 0 Å². The third-order valence-corrected chi connectivity index (χ3v) is 2.15. The highest BCUT2D eigenvalue weighted by molar-refractivity contribution is 8.00. The van der Waals surface area contributed by atoms with Crippen molar-refractivity contribution >= 4 is 36.6 Å². The number of hydrogen-bond donors (Lipinski definition) is 2. The summed E-state index contributed by atoms with van der Waals surface area (Å²) in [5.41, 5.74) is 2.68. The second kappa shape index (κ2) is 5.98. The zero-order chi connectivity index (χ0) is 4.41. The molecule has 2 nitrogen and oxygen atoms in total. The molecule has 1 aliphatic heterocycles. The van der Waals surface area contributed by atoms with E-state index in [9.17, 15) is 0 Å². The van der Waals surface area contributed by atoms with E-state index in [0.29, 0.717) is 6.04 Å². The van der Waals surface area contributed by atoms with Crippen LogP contribution in [0.3, 0.4) is 0 Å². The highest BCUT2D eigenvalue weighted by atomic mass is 35.5. The lowest BCUT2D eigenvalue weighted by molar-refractivity contribution is 0.611. The highest BCUT2D eigenvalue weighted by Gasteiger charge is 2.14. The van der Waals surface area contributed by atoms with Crippen LogP contribution in [0.1, 0.15) is 0 Å². The zero-order valence-electron chi connectivity index (χ0n) is 4.29. The van der Waals surface area contributed by atoms with E-state index in [4.69, 9.17) is 5.84 Å². The van der Waals surface area contributed by atoms with Gasteiger partial charge in [-0.15, -0.1) is 24.8 Å². The number of nitrogens with two attached hydrogens (primary N) is 1. The molecule has 0 unspecified atom stereocenters. The summed E-state index contributed by atoms with van der Waals surface area (Å²) in [5, 5.41) is 0. The molecule has 1 fully saturated rings. The molecule has 8 heavy (non-hydrogen) atoms. The molecule has 0 radical (unpaired) electrons. The van der Waals surface area contributed by atoms with Crippen LogP contribution in [0.25, 0.3) is 0 Å². The molecule has 0 aromatic heterocycles. The maximum atomic E-state index is 5.07. The predicted molar refractivity (Wildman–Crippen MR) is 42.9 cm³/mol. The Morgan fingerprint density at radius 3 is 1.88 bits per heavy atom. The summed E-state index contributed by atoms with van der Waals surface area (Å²) in [6.45, 7) is 0. The molecule has 0 bridgehead atoms. The third-order valence-electron chi connectivity index (χ3n) is 0.874. The molecule has 0 spiro atoms. The van der Waals surface area contributed by atoms with E-state index in [0.717, 1.165) is 0 Å². The topological polar surface area (TPSA) is 38.0 Å². The quantitative estimate of drug-likeness (QED) is 0.450. The van der Waals surface area contributed by atoms with E-state index < -0.39 is 0 Å². The number of halogens is 2. The van der Waals surface area contributed by atoms with Gasteiger partial charge in [0.15, 0.2) is 0 Å². The van der Waals surface area contributed by atoms with Crippen molar-refractivity contribution in [2.45, 2.75) is 6.04 Å². The molecule has 0 saturated carbocycles. The van der Waals surface area contributed by atoms with Gasteiger partial charge in [0.25, 0.3) is 0 Å². The van der Waals surface area contributed by atoms with Crippen molar-refractivity contribution in [3.05, 3.63) is 0 Å². The second-order valence-corrected chi connectivity index (χ2v) is 2.48. The fourth-order valence-corrected chi connectivity index (χ4v) is 0.996. The lowest BCUT2D eigenvalue weighted by Gasteiger charge is -2.22. The van der Waals surface area contributed by atoms with Crippen LogP contribution in [-0.2, 0) is 0 Å². The van der Waals surface area contributed by atoms with Crippen LogP contribution in [0.4, 0.5) is 0 Å². The molecule has 1 saturated heterocycles. The van der Waals surface area contributed by atoms with E-state index in [1.165, 1.54) is 11.5 Å². The summed E-state index contributed by atoms with van der Waals surface area (Å²) in [6, 6.07) is 0.606. The molecule has 1 heterocycles. The molecule has 0 aliphatic carbocycles. The Morgan fingerprint density at radius 2 is 1.88 bits per heavy atom. The molecule has 0 aromatic rings. The van der Waals surface area contributed by atoms with Crippen LogP contribution in [0, 0.1) is 0 Å². The average molecular weight is 177 g/mol. The van der Waals surface area contributed by atoms with Crippen molar-refractivity contribution in [1.82, 2.24) is 5.43 Å². The van der Waals surface area contributed by atoms with Gasteiger partial charge in [0.05, 0.1) is 0 Å². The summed E-state index contributed by atoms with van der Waals surface area (Å²) in [5.74, 6) is 7.45. The zero-order valence-corrected chi connectivity index (χ0v) is 6.74. The molecule has 0 amide bonds. The molecule has 0 aromatic carbocycles. The summed E-state index contributed by atoms with van der Waals surface area (Å²) < 4.78 is 0. The molecule has 0 atom stereocenters. The molecular weight excluding hydrogens is 167 g/mol. The maximum absolute atomic E-state index is 5.07. The van der Waals surface area contributed by atoms with Gasteiger partial charge >= 0.3 is 0 Å². The van der Waals surface area contributed by atoms with E-state index in [2.05, 4.69) is 5.43 Å². The van der Waals surface area contributed by atoms with Gasteiger partial charge in [-0.2, -0.15) is 11.8 Å². The van der Waals surface area contributed by atoms with Gasteiger partial charge in [0.2, 0.25) is 0 Å². The number of nitrogens with one attached hydrogen (secondary N) is 1. The first-order valence-corrected chi connectivity index (χ1v) is 3.13. The number of thioether (sulfide) groups is 1. The maximum Gasteiger partial charge on any atom is 0.0391 e. The van der Waals surface area contributed by atoms with Gasteiger partial charge < -0.3 is 0 Å². The van der Waals surface area contributed by atoms with Gasteiger partial charge in [0, 0.05) is 17.5 Å². The molecule has 5 heteroatoms. The van der Waals surface area contributed by atoms with Crippen molar-refractivity contribution in [2.24, 2.45) is 5.84 Å². The Labute approximate surface area is 65.8 Å². The monoisotopic (exact) mass is 176 g/mol. The van der Waals surface area contributed by atoms with Gasteiger partial charge in [0.1, 0.15) is 0 Å². The Hall–Kier alpha value is 0.850. The minimum absolute atomic E-state index is 0. The van der Waals surface area contributed by atoms with Crippen molar-refractivity contribution in [1.29, 1.82) is 0 Å². The third kappa shape index (κ3) is 2.99. The van der Waals surface area contributed by atoms with Crippen LogP contribution in [0.2, 0.25) is 0 Å². The van der Waals surface area contributed by atoms with Crippen LogP contribution in [0.5, 0.6) is 0 Å². The molecule has 52 valence electrons. The van der Waals surface area contributed by atoms with Gasteiger partial charge in [-0.05, 0) is 0 Å². The first kappa shape index (κ1) is 11.6. The van der Waals surface area contributed by atoms with Crippen LogP contribution >= 0.6 is 36.6 Å². The van der Waals surface area contributed by atoms with Gasteiger partial charge in [-0.3, -0.25) is 11.3 Å². The van der Waals surface area contributed by atoms with Gasteiger partial charge in [-0.25, -0.2) is 0 Å². The Bertz CT molecular complexity index is 47.8. The van der Waals surface area contributed by atoms with Crippen molar-refractivity contribution in [3.8, 4) is 0 Å². The Balaban J connectivity index is 0. The number of hydrogen-bond acceptors (Lipinski definition) is 3. The average Bonchev–Trinajstić information content (AvgIpc) is 1.31.